The molecule has 0 saturated heterocycles. The van der Waals surface area contributed by atoms with Crippen molar-refractivity contribution in [2.45, 2.75) is 188 Å². The molecule has 6 fully saturated rings. The van der Waals surface area contributed by atoms with Gasteiger partial charge in [-0.1, -0.05) is 150 Å². The van der Waals surface area contributed by atoms with Crippen molar-refractivity contribution in [3.05, 3.63) is 179 Å². The molecule has 0 radical (unpaired) electrons. The number of methoxy groups -OCH3 is 6. The molecule has 114 heavy (non-hydrogen) atoms. The summed E-state index contributed by atoms with van der Waals surface area (Å²) < 4.78 is 400. The number of benzene rings is 6. The minimum Gasteiger partial charge on any atom is -0.497 e. The Morgan fingerprint density at radius 1 is 0.272 bits per heavy atom. The van der Waals surface area contributed by atoms with Crippen molar-refractivity contribution in [1.29, 1.82) is 0 Å². The molecule has 0 spiro atoms. The smallest absolute Gasteiger partial charge is 0.119 e. The SMILES string of the molecule is [2H]C([2H])([2H])N(C([2H])([2H])[2H])C([2H])([2H])[C@@H]1CCCC[C@@]1(O)c1cccc(OC)c1.[2H]C([2H])([2H])N(C([2H])([2H])[2H])C([2H])([2H])[C@H]1CCCC[C@]1(O)c1cccc(OC)c1.[2H]C([2H])([2H])Oc1cccc([C@@]2(O)CCCC[C@@H]2C([2H])([2H])N(C([2H])([2H])[2H])C([2H])([2H])[2H])c1.[2H]C([2H])([2H])Oc1cccc([C@@]2(O)CCCC[C@@H]2C([2H])([2H])N(C)C)c1.[2H]C([2H])([2H])Oc1cccc([C@]2(O)CCCC[C@H]2C([2H])([2H])N(C([2H])([2H])[2H])C([2H])([2H])[2H])c1.[2H]C([2H])([2H])Oc1cccc([C@]2(O)CCCC[C@H]2C([2H])([2H])N(C)C)c1. The Kier molecular flexibility index (Phi) is 18.7. The van der Waals surface area contributed by atoms with Gasteiger partial charge in [-0.15, -0.1) is 0 Å². The second-order valence-corrected chi connectivity index (χ2v) is 30.2. The van der Waals surface area contributed by atoms with Gasteiger partial charge in [-0.2, -0.15) is 0 Å². The van der Waals surface area contributed by atoms with Gasteiger partial charge in [0, 0.05) is 124 Å². The Labute approximate surface area is 755 Å². The Morgan fingerprint density at radius 2 is 0.439 bits per heavy atom. The van der Waals surface area contributed by atoms with E-state index in [1.165, 1.54) is 96.8 Å². The van der Waals surface area contributed by atoms with Gasteiger partial charge in [0.1, 0.15) is 34.5 Å². The fourth-order valence-corrected chi connectivity index (χ4v) is 16.4. The zero-order valence-electron chi connectivity index (χ0n) is 114. The molecular formula is C96H150N6O12. The molecule has 0 aromatic heterocycles. The van der Waals surface area contributed by atoms with Gasteiger partial charge in [0.15, 0.2) is 0 Å². The summed E-state index contributed by atoms with van der Waals surface area (Å²) in [6.07, 6.45) is 10.4. The number of ether oxygens (including phenoxy) is 6. The summed E-state index contributed by atoms with van der Waals surface area (Å²) in [5.74, 6) is -5.43. The van der Waals surface area contributed by atoms with Crippen LogP contribution in [0, 0.1) is 35.5 Å². The molecule has 0 amide bonds. The Morgan fingerprint density at radius 3 is 0.588 bits per heavy atom. The van der Waals surface area contributed by atoms with Crippen LogP contribution in [0.2, 0.25) is 0 Å². The van der Waals surface area contributed by atoms with Crippen LogP contribution in [-0.2, 0) is 33.6 Å². The standard InChI is InChI=1S/6C16H25NO2/c6*1-17(2)12-14-7-4-5-10-16(14,18)13-8-6-9-15(11-13)19-3/h6*6,8-9,11,14,18H,4-5,7,10,12H2,1-3H3/t6*14-,16+/m111000/s1/i1D3,2D3,3D3,12D2;1D3,2D3,12D2;3D3,12D2;1D3,2D3,3D3,12D2;1D3,2D3,12D2;3D3,12D2. The van der Waals surface area contributed by atoms with E-state index < -0.39 is 192 Å². The van der Waals surface area contributed by atoms with Gasteiger partial charge in [0.05, 0.1) is 92.4 Å². The van der Waals surface area contributed by atoms with Crippen LogP contribution in [0.3, 0.4) is 0 Å². The highest BCUT2D eigenvalue weighted by Gasteiger charge is 2.46. The van der Waals surface area contributed by atoms with Crippen molar-refractivity contribution >= 4 is 0 Å². The first kappa shape index (κ1) is 46.9. The number of aliphatic hydroxyl groups is 6. The number of rotatable bonds is 24. The molecule has 6 aliphatic rings. The van der Waals surface area contributed by atoms with Gasteiger partial charge >= 0.3 is 0 Å². The van der Waals surface area contributed by atoms with Crippen LogP contribution < -0.4 is 28.4 Å². The summed E-state index contributed by atoms with van der Waals surface area (Å²) in [7, 11) is -1.05. The predicted octanol–water partition coefficient (Wildman–Crippen LogP) is 15.8. The minimum atomic E-state index is -3.28. The number of hydrogen-bond donors (Lipinski definition) is 6. The predicted molar refractivity (Wildman–Crippen MR) is 464 cm³/mol. The number of nitrogens with zero attached hydrogens (tertiary/aromatic N) is 6. The highest BCUT2D eigenvalue weighted by Crippen LogP contribution is 2.49. The second kappa shape index (κ2) is 45.5. The molecule has 6 aromatic rings. The van der Waals surface area contributed by atoms with E-state index in [0.717, 1.165) is 25.7 Å². The average molecular weight is 1630 g/mol. The van der Waals surface area contributed by atoms with Gasteiger partial charge < -0.3 is 88.5 Å². The zero-order valence-corrected chi connectivity index (χ0v) is 66.1. The lowest BCUT2D eigenvalue weighted by Crippen LogP contribution is -2.43. The van der Waals surface area contributed by atoms with Crippen molar-refractivity contribution < 1.29 is 125 Å². The maximum Gasteiger partial charge on any atom is 0.119 e. The number of hydrogen-bond acceptors (Lipinski definition) is 18. The van der Waals surface area contributed by atoms with Crippen LogP contribution in [0.25, 0.3) is 0 Å². The lowest BCUT2D eigenvalue weighted by molar-refractivity contribution is -0.0621. The van der Waals surface area contributed by atoms with Crippen molar-refractivity contribution in [2.24, 2.45) is 35.5 Å². The summed E-state index contributed by atoms with van der Waals surface area (Å²) >= 11 is 0. The van der Waals surface area contributed by atoms with Crippen LogP contribution in [0.5, 0.6) is 34.5 Å². The van der Waals surface area contributed by atoms with Gasteiger partial charge in [-0.3, -0.25) is 0 Å². The van der Waals surface area contributed by atoms with Crippen molar-refractivity contribution in [3.8, 4) is 34.5 Å². The average Bonchev–Trinajstić information content (AvgIpc) is 0.733. The molecule has 18 heteroatoms. The maximum absolute atomic E-state index is 11.5. The van der Waals surface area contributed by atoms with Crippen molar-refractivity contribution in [3.63, 3.8) is 0 Å². The zero-order chi connectivity index (χ0) is 124. The minimum absolute atomic E-state index is 0.0382. The van der Waals surface area contributed by atoms with Gasteiger partial charge in [-0.05, 0) is 267 Å². The molecule has 636 valence electrons. The first-order valence-corrected chi connectivity index (χ1v) is 38.6. The fourth-order valence-electron chi connectivity index (χ4n) is 16.4. The van der Waals surface area contributed by atoms with Gasteiger partial charge in [0.25, 0.3) is 0 Å². The monoisotopic (exact) mass is 1630 g/mol. The Balaban J connectivity index is 0.000000262. The first-order chi connectivity index (χ1) is 73.2. The molecule has 12 atom stereocenters. The van der Waals surface area contributed by atoms with E-state index in [1.54, 1.807) is 101 Å². The molecule has 12 rings (SSSR count). The molecule has 0 bridgehead atoms. The van der Waals surface area contributed by atoms with E-state index in [0.29, 0.717) is 111 Å². The highest BCUT2D eigenvalue weighted by molar-refractivity contribution is 5.39. The largest absolute Gasteiger partial charge is 0.497 e. The first-order valence-electron chi connectivity index (χ1n) is 62.6. The molecule has 6 N–H and O–H groups in total. The van der Waals surface area contributed by atoms with Crippen molar-refractivity contribution in [1.82, 2.24) is 29.4 Å². The van der Waals surface area contributed by atoms with Crippen LogP contribution in [-0.4, -0.2) is 225 Å². The van der Waals surface area contributed by atoms with E-state index in [4.69, 9.17) is 94.2 Å². The summed E-state index contributed by atoms with van der Waals surface area (Å²) in [5, 5.41) is 68.6. The van der Waals surface area contributed by atoms with Crippen LogP contribution in [0.1, 0.15) is 253 Å². The highest BCUT2D eigenvalue weighted by atomic mass is 16.5. The molecule has 6 aromatic carbocycles. The van der Waals surface area contributed by atoms with Crippen molar-refractivity contribution in [2.75, 3.05) is 165 Å². The van der Waals surface area contributed by atoms with E-state index >= 15 is 0 Å². The van der Waals surface area contributed by atoms with Crippen LogP contribution >= 0.6 is 0 Å². The normalized spacial score (nSPS) is 35.8. The summed E-state index contributed by atoms with van der Waals surface area (Å²) in [4.78, 5) is 2.56. The summed E-state index contributed by atoms with van der Waals surface area (Å²) in [5.41, 5.74) is -7.98. The quantitative estimate of drug-likeness (QED) is 0.0334. The summed E-state index contributed by atoms with van der Waals surface area (Å²) in [6.45, 7) is -40.7. The van der Waals surface area contributed by atoms with E-state index in [9.17, 15) is 30.6 Å². The lowest BCUT2D eigenvalue weighted by atomic mass is 9.71. The molecule has 0 aliphatic heterocycles. The van der Waals surface area contributed by atoms with Crippen LogP contribution in [0.4, 0.5) is 0 Å². The molecule has 0 heterocycles. The molecule has 6 saturated carbocycles. The molecule has 6 aliphatic carbocycles. The van der Waals surface area contributed by atoms with Gasteiger partial charge in [-0.25, -0.2) is 0 Å². The Bertz CT molecular complexity index is 5320. The molecule has 0 unspecified atom stereocenters. The third kappa shape index (κ3) is 26.3. The molecule has 18 nitrogen and oxygen atoms in total. The third-order valence-corrected chi connectivity index (χ3v) is 22.2. The lowest BCUT2D eigenvalue weighted by Gasteiger charge is -2.41. The van der Waals surface area contributed by atoms with Crippen LogP contribution in [0.15, 0.2) is 146 Å². The maximum atomic E-state index is 11.5. The van der Waals surface area contributed by atoms with E-state index in [-0.39, 0.29) is 105 Å². The third-order valence-electron chi connectivity index (χ3n) is 22.2. The second-order valence-electron chi connectivity index (χ2n) is 30.2. The van der Waals surface area contributed by atoms with E-state index in [1.807, 2.05) is 0 Å². The Hall–Kier alpha value is -6.36. The summed E-state index contributed by atoms with van der Waals surface area (Å²) in [6, 6.07) is 36.8. The fraction of sp³-hybridized carbons (Fsp3) is 0.625. The van der Waals surface area contributed by atoms with E-state index in [2.05, 4.69) is 0 Å². The molecular weight excluding hydrogens is 1430 g/mol. The van der Waals surface area contributed by atoms with Gasteiger partial charge in [0.2, 0.25) is 0 Å². The topological polar surface area (TPSA) is 196 Å².